The molecule has 0 spiro atoms. The molecule has 2 aromatic rings. The van der Waals surface area contributed by atoms with E-state index in [2.05, 4.69) is 15.9 Å². The van der Waals surface area contributed by atoms with Crippen molar-refractivity contribution in [1.82, 2.24) is 0 Å². The van der Waals surface area contributed by atoms with Gasteiger partial charge >= 0.3 is 0 Å². The van der Waals surface area contributed by atoms with Crippen molar-refractivity contribution in [2.45, 2.75) is 19.4 Å². The number of halogens is 3. The van der Waals surface area contributed by atoms with Crippen molar-refractivity contribution in [1.29, 1.82) is 0 Å². The SMILES string of the molecule is Cc1sc(C(O)Cc2ccc(F)cc2Cl)cc1Br. The van der Waals surface area contributed by atoms with Crippen molar-refractivity contribution in [3.05, 3.63) is 54.9 Å². The van der Waals surface area contributed by atoms with Gasteiger partial charge in [-0.15, -0.1) is 11.3 Å². The summed E-state index contributed by atoms with van der Waals surface area (Å²) in [6.07, 6.45) is -0.242. The molecule has 0 radical (unpaired) electrons. The average Bonchev–Trinajstić information content (AvgIpc) is 2.63. The zero-order valence-electron chi connectivity index (χ0n) is 9.58. The van der Waals surface area contributed by atoms with Gasteiger partial charge in [0.05, 0.1) is 6.10 Å². The number of rotatable bonds is 3. The summed E-state index contributed by atoms with van der Waals surface area (Å²) in [5.74, 6) is -0.368. The quantitative estimate of drug-likeness (QED) is 0.836. The second-order valence-corrected chi connectivity index (χ2v) is 6.56. The summed E-state index contributed by atoms with van der Waals surface area (Å²) in [6, 6.07) is 6.13. The first-order chi connectivity index (χ1) is 8.47. The highest BCUT2D eigenvalue weighted by molar-refractivity contribution is 9.10. The molecule has 1 unspecified atom stereocenters. The predicted molar refractivity (Wildman–Crippen MR) is 76.8 cm³/mol. The summed E-state index contributed by atoms with van der Waals surface area (Å²) in [5.41, 5.74) is 0.743. The van der Waals surface area contributed by atoms with Gasteiger partial charge in [0.25, 0.3) is 0 Å². The fourth-order valence-electron chi connectivity index (χ4n) is 1.64. The summed E-state index contributed by atoms with van der Waals surface area (Å²) in [5, 5.41) is 10.5. The van der Waals surface area contributed by atoms with Gasteiger partial charge in [0.1, 0.15) is 5.82 Å². The van der Waals surface area contributed by atoms with Crippen molar-refractivity contribution in [3.8, 4) is 0 Å². The van der Waals surface area contributed by atoms with Crippen molar-refractivity contribution in [2.75, 3.05) is 0 Å². The summed E-state index contributed by atoms with van der Waals surface area (Å²) in [7, 11) is 0. The Kier molecular flexibility index (Phi) is 4.43. The van der Waals surface area contributed by atoms with Gasteiger partial charge in [0.15, 0.2) is 0 Å². The van der Waals surface area contributed by atoms with Gasteiger partial charge in [-0.25, -0.2) is 4.39 Å². The van der Waals surface area contributed by atoms with Gasteiger partial charge in [-0.2, -0.15) is 0 Å². The normalized spacial score (nSPS) is 12.7. The van der Waals surface area contributed by atoms with E-state index in [4.69, 9.17) is 11.6 Å². The van der Waals surface area contributed by atoms with Crippen LogP contribution in [0.1, 0.15) is 21.4 Å². The van der Waals surface area contributed by atoms with Gasteiger partial charge in [0, 0.05) is 25.7 Å². The molecule has 2 rings (SSSR count). The lowest BCUT2D eigenvalue weighted by Gasteiger charge is -2.10. The monoisotopic (exact) mass is 348 g/mol. The summed E-state index contributed by atoms with van der Waals surface area (Å²) >= 11 is 10.9. The van der Waals surface area contributed by atoms with Crippen molar-refractivity contribution >= 4 is 38.9 Å². The summed E-state index contributed by atoms with van der Waals surface area (Å²) in [6.45, 7) is 1.98. The second-order valence-electron chi connectivity index (χ2n) is 4.01. The molecule has 0 aliphatic carbocycles. The molecular formula is C13H11BrClFOS. The topological polar surface area (TPSA) is 20.2 Å². The predicted octanol–water partition coefficient (Wildman–Crippen LogP) is 4.89. The van der Waals surface area contributed by atoms with Crippen molar-refractivity contribution in [3.63, 3.8) is 0 Å². The average molecular weight is 350 g/mol. The highest BCUT2D eigenvalue weighted by Gasteiger charge is 2.14. The molecule has 18 heavy (non-hydrogen) atoms. The molecule has 0 fully saturated rings. The summed E-state index contributed by atoms with van der Waals surface area (Å²) < 4.78 is 13.9. The lowest BCUT2D eigenvalue weighted by atomic mass is 10.1. The molecule has 1 aromatic carbocycles. The maximum atomic E-state index is 12.9. The second kappa shape index (κ2) is 5.70. The highest BCUT2D eigenvalue weighted by atomic mass is 79.9. The number of aliphatic hydroxyl groups is 1. The van der Waals surface area contributed by atoms with Gasteiger partial charge in [-0.1, -0.05) is 17.7 Å². The van der Waals surface area contributed by atoms with Crippen LogP contribution in [0.25, 0.3) is 0 Å². The van der Waals surface area contributed by atoms with Crippen LogP contribution in [-0.2, 0) is 6.42 Å². The fourth-order valence-corrected chi connectivity index (χ4v) is 3.43. The van der Waals surface area contributed by atoms with E-state index in [1.165, 1.54) is 23.5 Å². The maximum Gasteiger partial charge on any atom is 0.124 e. The van der Waals surface area contributed by atoms with Gasteiger partial charge in [-0.05, 0) is 46.6 Å². The Bertz CT molecular complexity index is 551. The number of benzene rings is 1. The first-order valence-corrected chi connectivity index (χ1v) is 7.34. The molecule has 0 saturated heterocycles. The molecular weight excluding hydrogens is 339 g/mol. The number of aryl methyl sites for hydroxylation is 1. The molecule has 0 saturated carbocycles. The van der Waals surface area contributed by atoms with Crippen LogP contribution in [-0.4, -0.2) is 5.11 Å². The molecule has 96 valence electrons. The van der Waals surface area contributed by atoms with Crippen molar-refractivity contribution < 1.29 is 9.50 Å². The largest absolute Gasteiger partial charge is 0.387 e. The molecule has 1 N–H and O–H groups in total. The molecule has 5 heteroatoms. The van der Waals surface area contributed by atoms with Crippen LogP contribution in [0.2, 0.25) is 5.02 Å². The lowest BCUT2D eigenvalue weighted by molar-refractivity contribution is 0.182. The number of hydrogen-bond acceptors (Lipinski definition) is 2. The Labute approximate surface area is 122 Å². The highest BCUT2D eigenvalue weighted by Crippen LogP contribution is 2.33. The van der Waals surface area contributed by atoms with Gasteiger partial charge < -0.3 is 5.11 Å². The molecule has 0 aliphatic heterocycles. The number of aliphatic hydroxyl groups excluding tert-OH is 1. The van der Waals surface area contributed by atoms with Crippen LogP contribution < -0.4 is 0 Å². The molecule has 0 bridgehead atoms. The van der Waals surface area contributed by atoms with E-state index < -0.39 is 6.10 Å². The zero-order chi connectivity index (χ0) is 13.3. The van der Waals surface area contributed by atoms with Gasteiger partial charge in [0.2, 0.25) is 0 Å². The molecule has 1 heterocycles. The van der Waals surface area contributed by atoms with Gasteiger partial charge in [-0.3, -0.25) is 0 Å². The smallest absolute Gasteiger partial charge is 0.124 e. The third kappa shape index (κ3) is 3.12. The van der Waals surface area contributed by atoms with Crippen LogP contribution in [0.15, 0.2) is 28.7 Å². The van der Waals surface area contributed by atoms with E-state index in [1.807, 2.05) is 13.0 Å². The molecule has 1 nitrogen and oxygen atoms in total. The minimum atomic E-state index is -0.622. The standard InChI is InChI=1S/C13H11BrClFOS/c1-7-10(14)6-13(18-7)12(17)4-8-2-3-9(16)5-11(8)15/h2-3,5-6,12,17H,4H2,1H3. The Hall–Kier alpha value is -0.420. The molecule has 1 atom stereocenters. The third-order valence-electron chi connectivity index (χ3n) is 2.63. The van der Waals surface area contributed by atoms with E-state index in [-0.39, 0.29) is 5.82 Å². The molecule has 1 aromatic heterocycles. The van der Waals surface area contributed by atoms with E-state index in [1.54, 1.807) is 6.07 Å². The van der Waals surface area contributed by atoms with Crippen molar-refractivity contribution in [2.24, 2.45) is 0 Å². The molecule has 0 amide bonds. The maximum absolute atomic E-state index is 12.9. The first kappa shape index (κ1) is 14.0. The Morgan fingerprint density at radius 3 is 2.72 bits per heavy atom. The Morgan fingerprint density at radius 1 is 1.44 bits per heavy atom. The van der Waals surface area contributed by atoms with Crippen LogP contribution in [0.5, 0.6) is 0 Å². The first-order valence-electron chi connectivity index (χ1n) is 5.35. The number of hydrogen-bond donors (Lipinski definition) is 1. The van der Waals surface area contributed by atoms with Crippen LogP contribution >= 0.6 is 38.9 Å². The van der Waals surface area contributed by atoms with Crippen LogP contribution in [0, 0.1) is 12.7 Å². The van der Waals surface area contributed by atoms with E-state index in [9.17, 15) is 9.50 Å². The van der Waals surface area contributed by atoms with E-state index in [0.29, 0.717) is 11.4 Å². The van der Waals surface area contributed by atoms with E-state index >= 15 is 0 Å². The lowest BCUT2D eigenvalue weighted by Crippen LogP contribution is -2.00. The minimum Gasteiger partial charge on any atom is -0.387 e. The Morgan fingerprint density at radius 2 is 2.17 bits per heavy atom. The molecule has 0 aliphatic rings. The third-order valence-corrected chi connectivity index (χ3v) is 5.22. The zero-order valence-corrected chi connectivity index (χ0v) is 12.7. The fraction of sp³-hybridized carbons (Fsp3) is 0.231. The van der Waals surface area contributed by atoms with Crippen LogP contribution in [0.3, 0.4) is 0 Å². The van der Waals surface area contributed by atoms with E-state index in [0.717, 1.165) is 19.8 Å². The Balaban J connectivity index is 2.18. The van der Waals surface area contributed by atoms with Crippen LogP contribution in [0.4, 0.5) is 4.39 Å². The number of thiophene rings is 1. The minimum absolute atomic E-state index is 0.349. The summed E-state index contributed by atoms with van der Waals surface area (Å²) in [4.78, 5) is 1.99.